The van der Waals surface area contributed by atoms with E-state index in [1.807, 2.05) is 4.98 Å². The van der Waals surface area contributed by atoms with E-state index >= 15 is 0 Å². The predicted molar refractivity (Wildman–Crippen MR) is 43.1 cm³/mol. The van der Waals surface area contributed by atoms with Crippen LogP contribution in [0.3, 0.4) is 0 Å². The van der Waals surface area contributed by atoms with E-state index in [2.05, 4.69) is 11.4 Å². The van der Waals surface area contributed by atoms with E-state index < -0.39 is 17.2 Å². The van der Waals surface area contributed by atoms with Crippen molar-refractivity contribution in [2.24, 2.45) is 0 Å². The molecule has 13 heavy (non-hydrogen) atoms. The standard InChI is InChI=1S/C7H6N2O4/c1-2-6(11)13-9-4-3-5(10)8-7(9)12/h2-4H,1H2,(H,8,10,12). The molecular formula is C7H6N2O4. The summed E-state index contributed by atoms with van der Waals surface area (Å²) in [5.74, 6) is -0.783. The van der Waals surface area contributed by atoms with Crippen LogP contribution in [-0.4, -0.2) is 15.7 Å². The second kappa shape index (κ2) is 3.53. The first-order chi connectivity index (χ1) is 6.13. The van der Waals surface area contributed by atoms with Crippen molar-refractivity contribution < 1.29 is 9.63 Å². The maximum absolute atomic E-state index is 10.9. The summed E-state index contributed by atoms with van der Waals surface area (Å²) in [6.07, 6.45) is 1.94. The molecule has 1 aromatic rings. The number of H-pyrrole nitrogens is 1. The number of carbonyl (C=O) groups excluding carboxylic acids is 1. The molecule has 6 heteroatoms. The van der Waals surface area contributed by atoms with Crippen LogP contribution in [0.1, 0.15) is 0 Å². The monoisotopic (exact) mass is 182 g/mol. The highest BCUT2D eigenvalue weighted by Crippen LogP contribution is 1.73. The molecule has 0 aliphatic heterocycles. The first-order valence-corrected chi connectivity index (χ1v) is 3.30. The Bertz CT molecular complexity index is 442. The Balaban J connectivity index is 3.03. The zero-order chi connectivity index (χ0) is 9.84. The molecule has 1 N–H and O–H groups in total. The molecule has 0 bridgehead atoms. The number of hydrogen-bond acceptors (Lipinski definition) is 4. The summed E-state index contributed by atoms with van der Waals surface area (Å²) >= 11 is 0. The first-order valence-electron chi connectivity index (χ1n) is 3.30. The van der Waals surface area contributed by atoms with Crippen LogP contribution < -0.4 is 16.1 Å². The van der Waals surface area contributed by atoms with Crippen LogP contribution >= 0.6 is 0 Å². The van der Waals surface area contributed by atoms with Crippen LogP contribution in [-0.2, 0) is 4.79 Å². The van der Waals surface area contributed by atoms with Crippen molar-refractivity contribution in [1.29, 1.82) is 0 Å². The van der Waals surface area contributed by atoms with Gasteiger partial charge in [-0.1, -0.05) is 6.58 Å². The number of rotatable bonds is 2. The van der Waals surface area contributed by atoms with Gasteiger partial charge in [0.2, 0.25) is 0 Å². The van der Waals surface area contributed by atoms with Gasteiger partial charge in [0.05, 0.1) is 6.20 Å². The zero-order valence-electron chi connectivity index (χ0n) is 6.52. The molecule has 0 unspecified atom stereocenters. The van der Waals surface area contributed by atoms with Crippen molar-refractivity contribution in [3.8, 4) is 0 Å². The first kappa shape index (κ1) is 8.98. The minimum atomic E-state index is -0.817. The van der Waals surface area contributed by atoms with Gasteiger partial charge in [-0.15, -0.1) is 4.73 Å². The summed E-state index contributed by atoms with van der Waals surface area (Å²) in [7, 11) is 0. The maximum Gasteiger partial charge on any atom is 0.361 e. The van der Waals surface area contributed by atoms with Gasteiger partial charge in [0.1, 0.15) is 0 Å². The Morgan fingerprint density at radius 3 is 2.85 bits per heavy atom. The third-order valence-corrected chi connectivity index (χ3v) is 1.15. The van der Waals surface area contributed by atoms with Crippen molar-refractivity contribution in [2.45, 2.75) is 0 Å². The van der Waals surface area contributed by atoms with Crippen LogP contribution in [0.15, 0.2) is 34.5 Å². The Labute approximate surface area is 72.0 Å². The van der Waals surface area contributed by atoms with Crippen molar-refractivity contribution in [3.05, 3.63) is 45.8 Å². The Hall–Kier alpha value is -2.11. The fourth-order valence-electron chi connectivity index (χ4n) is 0.611. The molecule has 0 spiro atoms. The van der Waals surface area contributed by atoms with Crippen molar-refractivity contribution >= 4 is 5.97 Å². The van der Waals surface area contributed by atoms with Crippen molar-refractivity contribution in [1.82, 2.24) is 9.71 Å². The van der Waals surface area contributed by atoms with Gasteiger partial charge < -0.3 is 4.84 Å². The van der Waals surface area contributed by atoms with Crippen molar-refractivity contribution in [3.63, 3.8) is 0 Å². The lowest BCUT2D eigenvalue weighted by Gasteiger charge is -2.00. The molecule has 0 radical (unpaired) electrons. The second-order valence-electron chi connectivity index (χ2n) is 2.05. The molecule has 68 valence electrons. The Morgan fingerprint density at radius 1 is 1.62 bits per heavy atom. The number of hydrogen-bond donors (Lipinski definition) is 1. The molecular weight excluding hydrogens is 176 g/mol. The number of carbonyl (C=O) groups is 1. The molecule has 0 aliphatic carbocycles. The van der Waals surface area contributed by atoms with E-state index in [4.69, 9.17) is 0 Å². The summed E-state index contributed by atoms with van der Waals surface area (Å²) in [5, 5.41) is 0. The second-order valence-corrected chi connectivity index (χ2v) is 2.05. The fraction of sp³-hybridized carbons (Fsp3) is 0. The van der Waals surface area contributed by atoms with Gasteiger partial charge in [-0.2, -0.15) is 0 Å². The minimum Gasteiger partial charge on any atom is -0.327 e. The topological polar surface area (TPSA) is 81.2 Å². The summed E-state index contributed by atoms with van der Waals surface area (Å²) in [5.41, 5.74) is -1.38. The van der Waals surface area contributed by atoms with Gasteiger partial charge in [-0.3, -0.25) is 9.78 Å². The SMILES string of the molecule is C=CC(=O)On1ccc(=O)[nH]c1=O. The fourth-order valence-corrected chi connectivity index (χ4v) is 0.611. The quantitative estimate of drug-likeness (QED) is 0.575. The molecule has 0 saturated heterocycles. The molecule has 0 atom stereocenters. The van der Waals surface area contributed by atoms with Crippen LogP contribution in [0.4, 0.5) is 0 Å². The zero-order valence-corrected chi connectivity index (χ0v) is 6.52. The van der Waals surface area contributed by atoms with Gasteiger partial charge in [-0.05, 0) is 0 Å². The number of aromatic nitrogens is 2. The van der Waals surface area contributed by atoms with Crippen LogP contribution in [0.2, 0.25) is 0 Å². The highest BCUT2D eigenvalue weighted by molar-refractivity contribution is 5.81. The minimum absolute atomic E-state index is 0.559. The van der Waals surface area contributed by atoms with E-state index in [0.29, 0.717) is 4.73 Å². The van der Waals surface area contributed by atoms with Crippen molar-refractivity contribution in [2.75, 3.05) is 0 Å². The number of nitrogens with zero attached hydrogens (tertiary/aromatic N) is 1. The highest BCUT2D eigenvalue weighted by Gasteiger charge is 2.00. The summed E-state index contributed by atoms with van der Waals surface area (Å²) in [6.45, 7) is 3.14. The molecule has 0 aromatic carbocycles. The molecule has 0 saturated carbocycles. The van der Waals surface area contributed by atoms with Gasteiger partial charge in [0, 0.05) is 12.1 Å². The third kappa shape index (κ3) is 2.16. The summed E-state index contributed by atoms with van der Waals surface area (Å²) < 4.78 is 0.603. The predicted octanol–water partition coefficient (Wildman–Crippen LogP) is -1.32. The molecule has 0 fully saturated rings. The smallest absolute Gasteiger partial charge is 0.327 e. The van der Waals surface area contributed by atoms with Gasteiger partial charge in [0.15, 0.2) is 0 Å². The normalized spacial score (nSPS) is 9.23. The lowest BCUT2D eigenvalue weighted by Crippen LogP contribution is -2.34. The number of nitrogens with one attached hydrogen (secondary N) is 1. The van der Waals surface area contributed by atoms with Gasteiger partial charge in [-0.25, -0.2) is 9.59 Å². The summed E-state index contributed by atoms with van der Waals surface area (Å²) in [6, 6.07) is 1.05. The Kier molecular flexibility index (Phi) is 2.44. The van der Waals surface area contributed by atoms with E-state index in [1.54, 1.807) is 0 Å². The van der Waals surface area contributed by atoms with Crippen LogP contribution in [0.25, 0.3) is 0 Å². The third-order valence-electron chi connectivity index (χ3n) is 1.15. The molecule has 0 aliphatic rings. The van der Waals surface area contributed by atoms with Gasteiger partial charge in [0.25, 0.3) is 5.56 Å². The lowest BCUT2D eigenvalue weighted by atomic mass is 10.6. The number of aromatic amines is 1. The Morgan fingerprint density at radius 2 is 2.31 bits per heavy atom. The maximum atomic E-state index is 10.9. The molecule has 1 aromatic heterocycles. The lowest BCUT2D eigenvalue weighted by molar-refractivity contribution is -0.138. The van der Waals surface area contributed by atoms with E-state index in [0.717, 1.165) is 18.3 Å². The van der Waals surface area contributed by atoms with E-state index in [-0.39, 0.29) is 0 Å². The highest BCUT2D eigenvalue weighted by atomic mass is 16.7. The molecule has 6 nitrogen and oxygen atoms in total. The van der Waals surface area contributed by atoms with Crippen LogP contribution in [0.5, 0.6) is 0 Å². The van der Waals surface area contributed by atoms with Gasteiger partial charge >= 0.3 is 11.7 Å². The van der Waals surface area contributed by atoms with Crippen LogP contribution in [0, 0.1) is 0 Å². The molecule has 0 amide bonds. The average Bonchev–Trinajstić information content (AvgIpc) is 2.09. The molecule has 1 heterocycles. The van der Waals surface area contributed by atoms with E-state index in [1.165, 1.54) is 0 Å². The van der Waals surface area contributed by atoms with E-state index in [9.17, 15) is 14.4 Å². The largest absolute Gasteiger partial charge is 0.361 e. The molecule has 1 rings (SSSR count). The average molecular weight is 182 g/mol. The summed E-state index contributed by atoms with van der Waals surface area (Å²) in [4.78, 5) is 38.4.